The van der Waals surface area contributed by atoms with Gasteiger partial charge in [-0.25, -0.2) is 4.79 Å². The summed E-state index contributed by atoms with van der Waals surface area (Å²) < 4.78 is 6.01. The van der Waals surface area contributed by atoms with Crippen molar-refractivity contribution >= 4 is 11.8 Å². The molecule has 0 aromatic rings. The summed E-state index contributed by atoms with van der Waals surface area (Å²) in [5.74, 6) is -1.41. The fourth-order valence-corrected chi connectivity index (χ4v) is 7.90. The number of rotatable bonds is 4. The Balaban J connectivity index is 1.85. The van der Waals surface area contributed by atoms with Gasteiger partial charge < -0.3 is 25.2 Å². The zero-order valence-corrected chi connectivity index (χ0v) is 21.9. The van der Waals surface area contributed by atoms with E-state index in [0.29, 0.717) is 19.3 Å². The minimum absolute atomic E-state index is 0.0172. The third kappa shape index (κ3) is 3.38. The summed E-state index contributed by atoms with van der Waals surface area (Å²) in [5.41, 5.74) is -5.62. The van der Waals surface area contributed by atoms with E-state index >= 15 is 0 Å². The Bertz CT molecular complexity index is 984. The van der Waals surface area contributed by atoms with E-state index in [0.717, 1.165) is 11.1 Å². The molecule has 0 aromatic carbocycles. The van der Waals surface area contributed by atoms with E-state index in [1.165, 1.54) is 13.0 Å². The zero-order chi connectivity index (χ0) is 26.2. The number of carbonyl (C=O) groups is 2. The lowest BCUT2D eigenvalue weighted by molar-refractivity contribution is -0.314. The van der Waals surface area contributed by atoms with Crippen LogP contribution >= 0.6 is 0 Å². The summed E-state index contributed by atoms with van der Waals surface area (Å²) in [4.78, 5) is 25.9. The molecule has 0 bridgehead atoms. The summed E-state index contributed by atoms with van der Waals surface area (Å²) in [6.07, 6.45) is 4.01. The monoisotopic (exact) mass is 490 g/mol. The van der Waals surface area contributed by atoms with Crippen molar-refractivity contribution in [1.29, 1.82) is 0 Å². The molecule has 7 heteroatoms. The standard InChI is InChI=1S/C28H42O7/c1-16(2)17(3)13-23(31)35-22-15-21-24(5)9-8-20(30)14-19(24)7-10-27(21,33)28(34)12-11-26(32,18(4)29)25(22,28)6/h7,13,16,20-22,30,32-34H,8-12,14-15H2,1-6H3/b17-13+/t20-,21+,22+,24+,25-,26+,27+,28+/m0/s1. The highest BCUT2D eigenvalue weighted by Gasteiger charge is 2.81. The zero-order valence-electron chi connectivity index (χ0n) is 21.9. The summed E-state index contributed by atoms with van der Waals surface area (Å²) >= 11 is 0. The number of fused-ring (bicyclic) bond motifs is 5. The van der Waals surface area contributed by atoms with E-state index < -0.39 is 57.5 Å². The molecule has 4 aliphatic carbocycles. The van der Waals surface area contributed by atoms with Crippen LogP contribution < -0.4 is 0 Å². The average molecular weight is 491 g/mol. The normalized spacial score (nSPS) is 47.5. The molecule has 7 nitrogen and oxygen atoms in total. The van der Waals surface area contributed by atoms with Gasteiger partial charge in [-0.05, 0) is 77.0 Å². The number of allylic oxidation sites excluding steroid dienone is 1. The second kappa shape index (κ2) is 8.23. The molecular formula is C28H42O7. The molecule has 0 aliphatic heterocycles. The number of hydrogen-bond donors (Lipinski definition) is 4. The average Bonchev–Trinajstić information content (AvgIpc) is 3.00. The maximum atomic E-state index is 13.0. The molecule has 0 radical (unpaired) electrons. The van der Waals surface area contributed by atoms with Gasteiger partial charge in [0.2, 0.25) is 0 Å². The van der Waals surface area contributed by atoms with Gasteiger partial charge in [0.1, 0.15) is 22.9 Å². The summed E-state index contributed by atoms with van der Waals surface area (Å²) in [6.45, 7) is 10.7. The van der Waals surface area contributed by atoms with Crippen molar-refractivity contribution in [3.8, 4) is 0 Å². The first-order valence-corrected chi connectivity index (χ1v) is 13.0. The molecule has 3 saturated carbocycles. The van der Waals surface area contributed by atoms with Gasteiger partial charge in [0, 0.05) is 12.0 Å². The number of aliphatic hydroxyl groups is 4. The molecule has 3 fully saturated rings. The Morgan fingerprint density at radius 2 is 1.77 bits per heavy atom. The molecule has 0 spiro atoms. The number of hydrogen-bond acceptors (Lipinski definition) is 7. The molecule has 0 amide bonds. The van der Waals surface area contributed by atoms with Crippen LogP contribution in [0.3, 0.4) is 0 Å². The fraction of sp³-hybridized carbons (Fsp3) is 0.786. The van der Waals surface area contributed by atoms with Crippen molar-refractivity contribution in [2.24, 2.45) is 22.7 Å². The second-order valence-corrected chi connectivity index (χ2v) is 12.4. The maximum Gasteiger partial charge on any atom is 0.330 e. The summed E-state index contributed by atoms with van der Waals surface area (Å²) in [6, 6.07) is 0. The molecule has 4 rings (SSSR count). The van der Waals surface area contributed by atoms with Crippen LogP contribution in [-0.2, 0) is 14.3 Å². The van der Waals surface area contributed by atoms with Gasteiger partial charge in [0.05, 0.1) is 11.5 Å². The number of esters is 1. The summed E-state index contributed by atoms with van der Waals surface area (Å²) in [5, 5.41) is 46.7. The fourth-order valence-electron chi connectivity index (χ4n) is 7.90. The molecule has 196 valence electrons. The predicted octanol–water partition coefficient (Wildman–Crippen LogP) is 2.98. The van der Waals surface area contributed by atoms with Crippen molar-refractivity contribution in [2.45, 2.75) is 115 Å². The first-order valence-electron chi connectivity index (χ1n) is 13.0. The first-order chi connectivity index (χ1) is 16.1. The Labute approximate surface area is 208 Å². The van der Waals surface area contributed by atoms with E-state index in [1.807, 2.05) is 26.8 Å². The molecular weight excluding hydrogens is 448 g/mol. The highest BCUT2D eigenvalue weighted by molar-refractivity contribution is 5.87. The van der Waals surface area contributed by atoms with Crippen molar-refractivity contribution in [1.82, 2.24) is 0 Å². The van der Waals surface area contributed by atoms with E-state index in [4.69, 9.17) is 4.74 Å². The third-order valence-electron chi connectivity index (χ3n) is 10.7. The quantitative estimate of drug-likeness (QED) is 0.271. The minimum Gasteiger partial charge on any atom is -0.458 e. The third-order valence-corrected chi connectivity index (χ3v) is 10.7. The van der Waals surface area contributed by atoms with Gasteiger partial charge in [-0.15, -0.1) is 0 Å². The van der Waals surface area contributed by atoms with Crippen LogP contribution in [0, 0.1) is 22.7 Å². The molecule has 0 heterocycles. The molecule has 4 N–H and O–H groups in total. The smallest absolute Gasteiger partial charge is 0.330 e. The summed E-state index contributed by atoms with van der Waals surface area (Å²) in [7, 11) is 0. The van der Waals surface area contributed by atoms with Crippen molar-refractivity contribution < 1.29 is 34.8 Å². The van der Waals surface area contributed by atoms with Crippen LogP contribution in [0.1, 0.15) is 86.5 Å². The van der Waals surface area contributed by atoms with Crippen LogP contribution in [0.5, 0.6) is 0 Å². The second-order valence-electron chi connectivity index (χ2n) is 12.4. The van der Waals surface area contributed by atoms with Gasteiger partial charge in [-0.2, -0.15) is 0 Å². The minimum atomic E-state index is -1.95. The van der Waals surface area contributed by atoms with E-state index in [9.17, 15) is 30.0 Å². The van der Waals surface area contributed by atoms with Crippen LogP contribution in [0.25, 0.3) is 0 Å². The lowest BCUT2D eigenvalue weighted by Gasteiger charge is -2.67. The van der Waals surface area contributed by atoms with Gasteiger partial charge in [0.15, 0.2) is 5.78 Å². The molecule has 0 aromatic heterocycles. The molecule has 8 atom stereocenters. The largest absolute Gasteiger partial charge is 0.458 e. The van der Waals surface area contributed by atoms with Gasteiger partial charge in [0.25, 0.3) is 0 Å². The maximum absolute atomic E-state index is 13.0. The lowest BCUT2D eigenvalue weighted by atomic mass is 9.42. The molecule has 0 saturated heterocycles. The van der Waals surface area contributed by atoms with E-state index in [2.05, 4.69) is 6.92 Å². The van der Waals surface area contributed by atoms with Crippen LogP contribution in [0.2, 0.25) is 0 Å². The van der Waals surface area contributed by atoms with Gasteiger partial charge in [-0.1, -0.05) is 38.0 Å². The Morgan fingerprint density at radius 3 is 2.37 bits per heavy atom. The number of ketones is 1. The number of Topliss-reactive ketones (excluding diaryl/α,β-unsaturated/α-hetero) is 1. The van der Waals surface area contributed by atoms with E-state index in [1.54, 1.807) is 6.92 Å². The Hall–Kier alpha value is -1.54. The highest BCUT2D eigenvalue weighted by atomic mass is 16.5. The topological polar surface area (TPSA) is 124 Å². The highest BCUT2D eigenvalue weighted by Crippen LogP contribution is 2.70. The molecule has 0 unspecified atom stereocenters. The van der Waals surface area contributed by atoms with Gasteiger partial charge in [-0.3, -0.25) is 4.79 Å². The molecule has 35 heavy (non-hydrogen) atoms. The Morgan fingerprint density at radius 1 is 1.11 bits per heavy atom. The van der Waals surface area contributed by atoms with Gasteiger partial charge >= 0.3 is 5.97 Å². The van der Waals surface area contributed by atoms with Crippen molar-refractivity contribution in [3.63, 3.8) is 0 Å². The van der Waals surface area contributed by atoms with Crippen molar-refractivity contribution in [2.75, 3.05) is 0 Å². The van der Waals surface area contributed by atoms with Crippen LogP contribution in [0.15, 0.2) is 23.3 Å². The number of ether oxygens (including phenoxy) is 1. The first kappa shape index (κ1) is 26.5. The van der Waals surface area contributed by atoms with E-state index in [-0.39, 0.29) is 31.6 Å². The predicted molar refractivity (Wildman–Crippen MR) is 130 cm³/mol. The molecule has 4 aliphatic rings. The van der Waals surface area contributed by atoms with Crippen molar-refractivity contribution in [3.05, 3.63) is 23.3 Å². The Kier molecular flexibility index (Phi) is 6.24. The number of carbonyl (C=O) groups excluding carboxylic acids is 2. The number of aliphatic hydroxyl groups excluding tert-OH is 1. The lowest BCUT2D eigenvalue weighted by Crippen LogP contribution is -2.78. The van der Waals surface area contributed by atoms with Crippen LogP contribution in [0.4, 0.5) is 0 Å². The van der Waals surface area contributed by atoms with Crippen LogP contribution in [-0.4, -0.2) is 61.2 Å². The SMILES string of the molecule is CC(=O)[C@]1(O)CC[C@@]2(O)[C@@]1(C)[C@H](OC(=O)/C=C(\C)C(C)C)C[C@H]1[C@]2(O)CC=C2C[C@@H](O)CC[C@]21C.